The maximum Gasteiger partial charge on any atom is 0.162 e. The number of Topliss-reactive ketones (excluding diaryl/α,β-unsaturated/α-hetero) is 1. The van der Waals surface area contributed by atoms with Crippen molar-refractivity contribution in [1.29, 1.82) is 5.26 Å². The lowest BCUT2D eigenvalue weighted by Gasteiger charge is -2.43. The number of nitrogens with two attached hydrogens (primary N) is 1. The summed E-state index contributed by atoms with van der Waals surface area (Å²) < 4.78 is 5.86. The van der Waals surface area contributed by atoms with Crippen LogP contribution in [0, 0.1) is 16.7 Å². The molecular weight excluding hydrogens is 388 g/mol. The first-order valence-electron chi connectivity index (χ1n) is 10.5. The lowest BCUT2D eigenvalue weighted by molar-refractivity contribution is -0.118. The lowest BCUT2D eigenvalue weighted by atomic mass is 9.68. The molecule has 2 aromatic rings. The van der Waals surface area contributed by atoms with Crippen molar-refractivity contribution in [3.8, 4) is 11.8 Å². The minimum atomic E-state index is -0.556. The van der Waals surface area contributed by atoms with Crippen LogP contribution in [0.3, 0.4) is 0 Å². The van der Waals surface area contributed by atoms with Gasteiger partial charge in [-0.15, -0.1) is 0 Å². The number of carbonyl (C=O) groups is 1. The van der Waals surface area contributed by atoms with Gasteiger partial charge in [-0.1, -0.05) is 32.0 Å². The number of ketones is 1. The quantitative estimate of drug-likeness (QED) is 0.796. The normalized spacial score (nSPS) is 20.4. The molecule has 0 amide bonds. The van der Waals surface area contributed by atoms with E-state index in [0.717, 1.165) is 16.9 Å². The summed E-state index contributed by atoms with van der Waals surface area (Å²) >= 11 is 0. The van der Waals surface area contributed by atoms with Gasteiger partial charge in [0.1, 0.15) is 11.6 Å². The number of anilines is 1. The summed E-state index contributed by atoms with van der Waals surface area (Å²) in [6, 6.07) is 13.6. The van der Waals surface area contributed by atoms with Crippen LogP contribution in [0.25, 0.3) is 0 Å². The average Bonchev–Trinajstić information content (AvgIpc) is 2.73. The summed E-state index contributed by atoms with van der Waals surface area (Å²) in [5.74, 6) is 0.474. The number of aromatic nitrogens is 1. The maximum absolute atomic E-state index is 13.5. The van der Waals surface area contributed by atoms with Crippen molar-refractivity contribution in [2.75, 3.05) is 11.5 Å². The fraction of sp³-hybridized carbons (Fsp3) is 0.320. The van der Waals surface area contributed by atoms with E-state index in [9.17, 15) is 10.1 Å². The zero-order chi connectivity index (χ0) is 22.2. The van der Waals surface area contributed by atoms with Gasteiger partial charge in [0.2, 0.25) is 0 Å². The summed E-state index contributed by atoms with van der Waals surface area (Å²) in [7, 11) is 0. The number of rotatable bonds is 4. The van der Waals surface area contributed by atoms with E-state index in [4.69, 9.17) is 10.5 Å². The largest absolute Gasteiger partial charge is 0.494 e. The lowest BCUT2D eigenvalue weighted by Crippen LogP contribution is -2.42. The fourth-order valence-corrected chi connectivity index (χ4v) is 4.61. The summed E-state index contributed by atoms with van der Waals surface area (Å²) in [6.45, 7) is 6.56. The van der Waals surface area contributed by atoms with Crippen LogP contribution in [0.15, 0.2) is 71.5 Å². The molecule has 2 heterocycles. The Morgan fingerprint density at radius 1 is 1.26 bits per heavy atom. The molecule has 1 aromatic heterocycles. The van der Waals surface area contributed by atoms with Gasteiger partial charge in [-0.05, 0) is 37.0 Å². The standard InChI is InChI=1S/C25H26N4O2/c1-4-31-21-10-6-5-9-17(21)22-18(14-26)24(27)29(16-8-7-11-28-15-16)19-12-25(2,3)13-20(30)23(19)22/h5-11,15,22H,4,12-13,27H2,1-3H3/t22-/m0/s1. The van der Waals surface area contributed by atoms with Gasteiger partial charge in [0.15, 0.2) is 5.78 Å². The van der Waals surface area contributed by atoms with Crippen LogP contribution in [0.4, 0.5) is 5.69 Å². The van der Waals surface area contributed by atoms with E-state index < -0.39 is 5.92 Å². The smallest absolute Gasteiger partial charge is 0.162 e. The van der Waals surface area contributed by atoms with E-state index in [1.54, 1.807) is 12.4 Å². The van der Waals surface area contributed by atoms with Gasteiger partial charge in [-0.2, -0.15) is 5.26 Å². The molecule has 2 aliphatic rings. The van der Waals surface area contributed by atoms with Gasteiger partial charge in [-0.25, -0.2) is 0 Å². The van der Waals surface area contributed by atoms with Crippen molar-refractivity contribution < 1.29 is 9.53 Å². The van der Waals surface area contributed by atoms with Crippen molar-refractivity contribution in [2.45, 2.75) is 39.5 Å². The van der Waals surface area contributed by atoms with Gasteiger partial charge < -0.3 is 10.5 Å². The predicted molar refractivity (Wildman–Crippen MR) is 119 cm³/mol. The SMILES string of the molecule is CCOc1ccccc1[C@H]1C(C#N)=C(N)N(c2cccnc2)C2=C1C(=O)CC(C)(C)C2. The highest BCUT2D eigenvalue weighted by Crippen LogP contribution is 2.51. The highest BCUT2D eigenvalue weighted by atomic mass is 16.5. The van der Waals surface area contributed by atoms with Gasteiger partial charge in [0.05, 0.1) is 36.1 Å². The van der Waals surface area contributed by atoms with Crippen LogP contribution >= 0.6 is 0 Å². The second-order valence-corrected chi connectivity index (χ2v) is 8.66. The highest BCUT2D eigenvalue weighted by molar-refractivity contribution is 6.01. The van der Waals surface area contributed by atoms with Crippen LogP contribution in [0.1, 0.15) is 45.1 Å². The molecule has 6 heteroatoms. The van der Waals surface area contributed by atoms with Crippen molar-refractivity contribution >= 4 is 11.5 Å². The van der Waals surface area contributed by atoms with E-state index in [2.05, 4.69) is 24.9 Å². The van der Waals surface area contributed by atoms with Crippen molar-refractivity contribution in [3.05, 3.63) is 77.0 Å². The average molecular weight is 415 g/mol. The molecule has 1 aliphatic carbocycles. The van der Waals surface area contributed by atoms with Crippen LogP contribution in [-0.4, -0.2) is 17.4 Å². The molecule has 0 bridgehead atoms. The van der Waals surface area contributed by atoms with Crippen molar-refractivity contribution in [2.24, 2.45) is 11.1 Å². The number of allylic oxidation sites excluding steroid dienone is 3. The number of ether oxygens (including phenoxy) is 1. The van der Waals surface area contributed by atoms with Crippen molar-refractivity contribution in [1.82, 2.24) is 4.98 Å². The monoisotopic (exact) mass is 414 g/mol. The molecule has 1 aliphatic heterocycles. The predicted octanol–water partition coefficient (Wildman–Crippen LogP) is 4.42. The zero-order valence-corrected chi connectivity index (χ0v) is 18.1. The first kappa shape index (κ1) is 20.7. The zero-order valence-electron chi connectivity index (χ0n) is 18.1. The molecule has 158 valence electrons. The van der Waals surface area contributed by atoms with Gasteiger partial charge in [-0.3, -0.25) is 14.7 Å². The van der Waals surface area contributed by atoms with Crippen LogP contribution < -0.4 is 15.4 Å². The van der Waals surface area contributed by atoms with E-state index >= 15 is 0 Å². The molecule has 0 spiro atoms. The number of nitrogens with zero attached hydrogens (tertiary/aromatic N) is 3. The first-order valence-corrected chi connectivity index (χ1v) is 10.5. The number of carbonyl (C=O) groups excluding carboxylic acids is 1. The molecule has 6 nitrogen and oxygen atoms in total. The Balaban J connectivity index is 2.01. The van der Waals surface area contributed by atoms with E-state index in [0.29, 0.717) is 42.2 Å². The third-order valence-electron chi connectivity index (χ3n) is 5.81. The Bertz CT molecular complexity index is 1130. The Morgan fingerprint density at radius 2 is 2.03 bits per heavy atom. The summed E-state index contributed by atoms with van der Waals surface area (Å²) in [4.78, 5) is 19.6. The molecule has 0 saturated carbocycles. The highest BCUT2D eigenvalue weighted by Gasteiger charge is 2.45. The number of pyridine rings is 1. The second-order valence-electron chi connectivity index (χ2n) is 8.66. The third kappa shape index (κ3) is 3.57. The summed E-state index contributed by atoms with van der Waals surface area (Å²) in [5, 5.41) is 10.2. The minimum absolute atomic E-state index is 0.0386. The Hall–Kier alpha value is -3.59. The van der Waals surface area contributed by atoms with Crippen LogP contribution in [0.5, 0.6) is 5.75 Å². The Labute approximate surface area is 182 Å². The molecular formula is C25H26N4O2. The van der Waals surface area contributed by atoms with E-state index in [1.165, 1.54) is 0 Å². The van der Waals surface area contributed by atoms with Crippen LogP contribution in [0.2, 0.25) is 0 Å². The van der Waals surface area contributed by atoms with E-state index in [1.807, 2.05) is 48.2 Å². The first-order chi connectivity index (χ1) is 14.9. The molecule has 31 heavy (non-hydrogen) atoms. The maximum atomic E-state index is 13.5. The second kappa shape index (κ2) is 7.92. The summed E-state index contributed by atoms with van der Waals surface area (Å²) in [6.07, 6.45) is 4.46. The number of hydrogen-bond donors (Lipinski definition) is 1. The Kier molecular flexibility index (Phi) is 5.28. The topological polar surface area (TPSA) is 92.2 Å². The summed E-state index contributed by atoms with van der Waals surface area (Å²) in [5.41, 5.74) is 9.75. The van der Waals surface area contributed by atoms with Gasteiger partial charge in [0.25, 0.3) is 0 Å². The third-order valence-corrected chi connectivity index (χ3v) is 5.81. The molecule has 0 fully saturated rings. The van der Waals surface area contributed by atoms with E-state index in [-0.39, 0.29) is 11.2 Å². The number of para-hydroxylation sites is 1. The number of benzene rings is 1. The Morgan fingerprint density at radius 3 is 2.71 bits per heavy atom. The molecule has 0 unspecified atom stereocenters. The molecule has 1 aromatic carbocycles. The van der Waals surface area contributed by atoms with Gasteiger partial charge >= 0.3 is 0 Å². The molecule has 0 saturated heterocycles. The molecule has 2 N–H and O–H groups in total. The molecule has 0 radical (unpaired) electrons. The van der Waals surface area contributed by atoms with Gasteiger partial charge in [0, 0.05) is 29.5 Å². The number of hydrogen-bond acceptors (Lipinski definition) is 6. The van der Waals surface area contributed by atoms with Crippen molar-refractivity contribution in [3.63, 3.8) is 0 Å². The number of nitriles is 1. The molecule has 1 atom stereocenters. The van der Waals surface area contributed by atoms with Crippen LogP contribution in [-0.2, 0) is 4.79 Å². The fourth-order valence-electron chi connectivity index (χ4n) is 4.61. The molecule has 4 rings (SSSR count). The minimum Gasteiger partial charge on any atom is -0.494 e.